The van der Waals surface area contributed by atoms with Gasteiger partial charge in [0.1, 0.15) is 5.84 Å². The average molecular weight is 434 g/mol. The predicted octanol–water partition coefficient (Wildman–Crippen LogP) is 4.15. The van der Waals surface area contributed by atoms with Crippen LogP contribution in [0.4, 0.5) is 5.82 Å². The largest absolute Gasteiger partial charge is 0.493 e. The molecule has 0 N–H and O–H groups in total. The summed E-state index contributed by atoms with van der Waals surface area (Å²) in [6, 6.07) is 17.8. The number of aromatic nitrogens is 2. The number of nitrogens with zero attached hydrogens (tertiary/aromatic N) is 5. The summed E-state index contributed by atoms with van der Waals surface area (Å²) in [6.07, 6.45) is 2.89. The van der Waals surface area contributed by atoms with E-state index in [9.17, 15) is 0 Å². The zero-order valence-electron chi connectivity index (χ0n) is 17.3. The monoisotopic (exact) mass is 433 g/mol. The molecule has 0 unspecified atom stereocenters. The van der Waals surface area contributed by atoms with Crippen molar-refractivity contribution >= 4 is 28.6 Å². The van der Waals surface area contributed by atoms with Crippen molar-refractivity contribution in [1.29, 1.82) is 0 Å². The molecule has 0 amide bonds. The molecule has 0 saturated carbocycles. The van der Waals surface area contributed by atoms with E-state index in [4.69, 9.17) is 19.5 Å². The molecule has 3 heterocycles. The maximum absolute atomic E-state index is 5.94. The van der Waals surface area contributed by atoms with E-state index in [0.717, 1.165) is 64.8 Å². The molecule has 2 aromatic carbocycles. The standard InChI is InChI=1S/C23H23N5O2S/c1-29-19-10-5-6-11-20(19)30-14-15-31-23-26-22-18(21-24-12-7-13-27(21)23)16-25-28(22)17-8-3-2-4-9-17/h2-6,8-11,16H,7,12-15H2,1H3. The average Bonchev–Trinajstić information content (AvgIpc) is 3.26. The number of rotatable bonds is 6. The lowest BCUT2D eigenvalue weighted by atomic mass is 10.2. The van der Waals surface area contributed by atoms with Gasteiger partial charge in [-0.1, -0.05) is 42.1 Å². The molecule has 0 spiro atoms. The van der Waals surface area contributed by atoms with Gasteiger partial charge in [-0.25, -0.2) is 9.67 Å². The van der Waals surface area contributed by atoms with Crippen LogP contribution in [0.2, 0.25) is 0 Å². The van der Waals surface area contributed by atoms with E-state index in [0.29, 0.717) is 6.61 Å². The molecule has 0 aliphatic carbocycles. The Morgan fingerprint density at radius 1 is 1.03 bits per heavy atom. The summed E-state index contributed by atoms with van der Waals surface area (Å²) in [6.45, 7) is 2.29. The number of amidine groups is 2. The van der Waals surface area contributed by atoms with Crippen LogP contribution in [-0.2, 0) is 0 Å². The Hall–Kier alpha value is -3.26. The Morgan fingerprint density at radius 3 is 2.68 bits per heavy atom. The van der Waals surface area contributed by atoms with Gasteiger partial charge >= 0.3 is 0 Å². The molecule has 0 atom stereocenters. The first kappa shape index (κ1) is 19.7. The SMILES string of the molecule is COc1ccccc1OCCSC1=Nc2c(cnn2-c2ccccc2)C2=NCCCN12. The van der Waals surface area contributed by atoms with Gasteiger partial charge in [-0.2, -0.15) is 5.10 Å². The molecule has 3 aromatic rings. The summed E-state index contributed by atoms with van der Waals surface area (Å²) >= 11 is 1.67. The van der Waals surface area contributed by atoms with Gasteiger partial charge in [0.05, 0.1) is 31.2 Å². The number of benzene rings is 2. The molecular formula is C23H23N5O2S. The van der Waals surface area contributed by atoms with E-state index >= 15 is 0 Å². The third kappa shape index (κ3) is 3.90. The molecular weight excluding hydrogens is 410 g/mol. The molecule has 5 rings (SSSR count). The number of ether oxygens (including phenoxy) is 2. The minimum Gasteiger partial charge on any atom is -0.493 e. The molecule has 0 saturated heterocycles. The number of hydrogen-bond donors (Lipinski definition) is 0. The summed E-state index contributed by atoms with van der Waals surface area (Å²) in [7, 11) is 1.65. The van der Waals surface area contributed by atoms with Crippen molar-refractivity contribution < 1.29 is 9.47 Å². The molecule has 1 aromatic heterocycles. The van der Waals surface area contributed by atoms with Gasteiger partial charge in [0.25, 0.3) is 0 Å². The van der Waals surface area contributed by atoms with Crippen LogP contribution in [0.15, 0.2) is 70.8 Å². The quantitative estimate of drug-likeness (QED) is 0.547. The Labute approximate surface area is 185 Å². The van der Waals surface area contributed by atoms with Crippen molar-refractivity contribution in [3.63, 3.8) is 0 Å². The highest BCUT2D eigenvalue weighted by atomic mass is 32.2. The number of fused-ring (bicyclic) bond motifs is 3. The molecule has 158 valence electrons. The van der Waals surface area contributed by atoms with E-state index in [1.54, 1.807) is 18.9 Å². The highest BCUT2D eigenvalue weighted by molar-refractivity contribution is 8.13. The fourth-order valence-corrected chi connectivity index (χ4v) is 4.50. The Balaban J connectivity index is 1.37. The molecule has 31 heavy (non-hydrogen) atoms. The topological polar surface area (TPSA) is 64.2 Å². The fraction of sp³-hybridized carbons (Fsp3) is 0.261. The molecule has 0 fully saturated rings. The summed E-state index contributed by atoms with van der Waals surface area (Å²) in [5.41, 5.74) is 1.97. The van der Waals surface area contributed by atoms with Gasteiger partial charge in [-0.05, 0) is 30.7 Å². The third-order valence-corrected chi connectivity index (χ3v) is 6.06. The fourth-order valence-electron chi connectivity index (χ4n) is 3.67. The van der Waals surface area contributed by atoms with Crippen LogP contribution < -0.4 is 9.47 Å². The van der Waals surface area contributed by atoms with Crippen molar-refractivity contribution in [2.75, 3.05) is 32.6 Å². The van der Waals surface area contributed by atoms with Crippen molar-refractivity contribution in [2.24, 2.45) is 9.98 Å². The molecule has 0 bridgehead atoms. The van der Waals surface area contributed by atoms with Gasteiger partial charge in [-0.15, -0.1) is 0 Å². The predicted molar refractivity (Wildman–Crippen MR) is 124 cm³/mol. The summed E-state index contributed by atoms with van der Waals surface area (Å²) in [5, 5.41) is 5.54. The van der Waals surface area contributed by atoms with Crippen LogP contribution in [-0.4, -0.2) is 58.2 Å². The molecule has 2 aliphatic rings. The van der Waals surface area contributed by atoms with E-state index in [2.05, 4.69) is 10.00 Å². The van der Waals surface area contributed by atoms with E-state index < -0.39 is 0 Å². The minimum atomic E-state index is 0.551. The normalized spacial score (nSPS) is 14.9. The number of methoxy groups -OCH3 is 1. The lowest BCUT2D eigenvalue weighted by molar-refractivity contribution is 0.313. The van der Waals surface area contributed by atoms with Crippen LogP contribution in [0.1, 0.15) is 12.0 Å². The smallest absolute Gasteiger partial charge is 0.171 e. The number of para-hydroxylation sites is 3. The zero-order chi connectivity index (χ0) is 21.0. The Kier molecular flexibility index (Phi) is 5.62. The van der Waals surface area contributed by atoms with Gasteiger partial charge in [0.15, 0.2) is 22.5 Å². The van der Waals surface area contributed by atoms with E-state index in [1.165, 1.54) is 0 Å². The third-order valence-electron chi connectivity index (χ3n) is 5.12. The Bertz CT molecular complexity index is 1130. The van der Waals surface area contributed by atoms with Gasteiger partial charge in [-0.3, -0.25) is 4.99 Å². The first-order valence-electron chi connectivity index (χ1n) is 10.3. The van der Waals surface area contributed by atoms with Gasteiger partial charge in [0.2, 0.25) is 0 Å². The van der Waals surface area contributed by atoms with Gasteiger partial charge < -0.3 is 14.4 Å². The first-order chi connectivity index (χ1) is 15.3. The maximum Gasteiger partial charge on any atom is 0.171 e. The summed E-state index contributed by atoms with van der Waals surface area (Å²) in [4.78, 5) is 12.0. The summed E-state index contributed by atoms with van der Waals surface area (Å²) in [5.74, 6) is 4.04. The minimum absolute atomic E-state index is 0.551. The first-order valence-corrected chi connectivity index (χ1v) is 11.3. The van der Waals surface area contributed by atoms with E-state index in [-0.39, 0.29) is 0 Å². The highest BCUT2D eigenvalue weighted by Gasteiger charge is 2.31. The summed E-state index contributed by atoms with van der Waals surface area (Å²) < 4.78 is 13.2. The molecule has 8 heteroatoms. The zero-order valence-corrected chi connectivity index (χ0v) is 18.1. The number of thioether (sulfide) groups is 1. The van der Waals surface area contributed by atoms with Crippen molar-refractivity contribution in [2.45, 2.75) is 6.42 Å². The van der Waals surface area contributed by atoms with E-state index in [1.807, 2.05) is 65.5 Å². The Morgan fingerprint density at radius 2 is 1.84 bits per heavy atom. The molecule has 0 radical (unpaired) electrons. The van der Waals surface area contributed by atoms with Crippen LogP contribution in [0, 0.1) is 0 Å². The van der Waals surface area contributed by atoms with Crippen molar-refractivity contribution in [3.8, 4) is 17.2 Å². The second-order valence-electron chi connectivity index (χ2n) is 7.08. The second kappa shape index (κ2) is 8.85. The molecule has 7 nitrogen and oxygen atoms in total. The number of hydrogen-bond acceptors (Lipinski definition) is 7. The van der Waals surface area contributed by atoms with Crippen LogP contribution in [0.3, 0.4) is 0 Å². The highest BCUT2D eigenvalue weighted by Crippen LogP contribution is 2.33. The lowest BCUT2D eigenvalue weighted by Crippen LogP contribution is -2.41. The van der Waals surface area contributed by atoms with Crippen LogP contribution >= 0.6 is 11.8 Å². The number of aliphatic imine (C=N–C) groups is 2. The van der Waals surface area contributed by atoms with Crippen molar-refractivity contribution in [1.82, 2.24) is 14.7 Å². The van der Waals surface area contributed by atoms with Crippen LogP contribution in [0.5, 0.6) is 11.5 Å². The lowest BCUT2D eigenvalue weighted by Gasteiger charge is -2.32. The molecule has 2 aliphatic heterocycles. The van der Waals surface area contributed by atoms with Gasteiger partial charge in [0, 0.05) is 18.8 Å². The van der Waals surface area contributed by atoms with Crippen LogP contribution in [0.25, 0.3) is 5.69 Å². The maximum atomic E-state index is 5.94. The van der Waals surface area contributed by atoms with Crippen molar-refractivity contribution in [3.05, 3.63) is 66.4 Å². The second-order valence-corrected chi connectivity index (χ2v) is 8.14.